The van der Waals surface area contributed by atoms with Gasteiger partial charge in [0.15, 0.2) is 0 Å². The number of anilines is 1. The van der Waals surface area contributed by atoms with Gasteiger partial charge in [0.05, 0.1) is 0 Å². The third-order valence-corrected chi connectivity index (χ3v) is 3.91. The zero-order chi connectivity index (χ0) is 14.7. The van der Waals surface area contributed by atoms with Gasteiger partial charge in [-0.25, -0.2) is 0 Å². The summed E-state index contributed by atoms with van der Waals surface area (Å²) in [6.07, 6.45) is 2.47. The number of rotatable bonds is 3. The maximum Gasteiger partial charge on any atom is 0.251 e. The Hall–Kier alpha value is -1.59. The SMILES string of the molecule is CNC(=O)c1cccc(NC(=O)C2CCC(N)C2)c1C.Cl. The van der Waals surface area contributed by atoms with Crippen LogP contribution in [-0.2, 0) is 4.79 Å². The zero-order valence-corrected chi connectivity index (χ0v) is 13.1. The topological polar surface area (TPSA) is 84.2 Å². The highest BCUT2D eigenvalue weighted by molar-refractivity contribution is 5.99. The van der Waals surface area contributed by atoms with E-state index in [9.17, 15) is 9.59 Å². The van der Waals surface area contributed by atoms with Crippen LogP contribution in [0.2, 0.25) is 0 Å². The van der Waals surface area contributed by atoms with E-state index in [2.05, 4.69) is 10.6 Å². The lowest BCUT2D eigenvalue weighted by Gasteiger charge is -2.14. The lowest BCUT2D eigenvalue weighted by atomic mass is 10.0. The molecule has 2 atom stereocenters. The maximum absolute atomic E-state index is 12.2. The molecule has 1 aliphatic rings. The van der Waals surface area contributed by atoms with Crippen LogP contribution in [0.4, 0.5) is 5.69 Å². The Morgan fingerprint density at radius 1 is 1.29 bits per heavy atom. The van der Waals surface area contributed by atoms with Crippen LogP contribution < -0.4 is 16.4 Å². The standard InChI is InChI=1S/C15H21N3O2.ClH/c1-9-12(15(20)17-2)4-3-5-13(9)18-14(19)10-6-7-11(16)8-10;/h3-5,10-11H,6-8,16H2,1-2H3,(H,17,20)(H,18,19);1H. The molecule has 2 amide bonds. The summed E-state index contributed by atoms with van der Waals surface area (Å²) in [5, 5.41) is 5.51. The van der Waals surface area contributed by atoms with Crippen molar-refractivity contribution < 1.29 is 9.59 Å². The fourth-order valence-electron chi connectivity index (χ4n) is 2.64. The summed E-state index contributed by atoms with van der Waals surface area (Å²) in [7, 11) is 1.59. The third kappa shape index (κ3) is 3.95. The van der Waals surface area contributed by atoms with Crippen LogP contribution in [0.1, 0.15) is 35.2 Å². The van der Waals surface area contributed by atoms with Crippen LogP contribution in [0.3, 0.4) is 0 Å². The van der Waals surface area contributed by atoms with Crippen molar-refractivity contribution in [1.82, 2.24) is 5.32 Å². The van der Waals surface area contributed by atoms with E-state index in [4.69, 9.17) is 5.73 Å². The highest BCUT2D eigenvalue weighted by Crippen LogP contribution is 2.26. The molecule has 0 aliphatic heterocycles. The Balaban J connectivity index is 0.00000220. The predicted octanol–water partition coefficient (Wildman–Crippen LogP) is 1.84. The minimum Gasteiger partial charge on any atom is -0.355 e. The van der Waals surface area contributed by atoms with E-state index in [1.165, 1.54) is 0 Å². The van der Waals surface area contributed by atoms with Gasteiger partial charge in [0.2, 0.25) is 5.91 Å². The number of nitrogens with two attached hydrogens (primary N) is 1. The van der Waals surface area contributed by atoms with E-state index >= 15 is 0 Å². The molecule has 2 unspecified atom stereocenters. The first kappa shape index (κ1) is 17.5. The van der Waals surface area contributed by atoms with Crippen LogP contribution >= 0.6 is 12.4 Å². The van der Waals surface area contributed by atoms with Crippen LogP contribution in [-0.4, -0.2) is 24.9 Å². The fraction of sp³-hybridized carbons (Fsp3) is 0.467. The lowest BCUT2D eigenvalue weighted by molar-refractivity contribution is -0.119. The third-order valence-electron chi connectivity index (χ3n) is 3.91. The second kappa shape index (κ2) is 7.43. The van der Waals surface area contributed by atoms with E-state index in [1.54, 1.807) is 19.2 Å². The molecule has 1 aromatic carbocycles. The molecule has 4 N–H and O–H groups in total. The minimum atomic E-state index is -0.151. The molecule has 6 heteroatoms. The van der Waals surface area contributed by atoms with E-state index in [1.807, 2.05) is 13.0 Å². The van der Waals surface area contributed by atoms with E-state index in [0.29, 0.717) is 11.3 Å². The molecule has 116 valence electrons. The molecule has 0 saturated heterocycles. The molecule has 21 heavy (non-hydrogen) atoms. The van der Waals surface area contributed by atoms with Crippen molar-refractivity contribution in [3.63, 3.8) is 0 Å². The quantitative estimate of drug-likeness (QED) is 0.796. The molecular formula is C15H22ClN3O2. The Labute approximate surface area is 131 Å². The largest absolute Gasteiger partial charge is 0.355 e. The first-order valence-electron chi connectivity index (χ1n) is 6.91. The zero-order valence-electron chi connectivity index (χ0n) is 12.3. The first-order valence-corrected chi connectivity index (χ1v) is 6.91. The van der Waals surface area contributed by atoms with Gasteiger partial charge >= 0.3 is 0 Å². The van der Waals surface area contributed by atoms with Crippen LogP contribution in [0.15, 0.2) is 18.2 Å². The summed E-state index contributed by atoms with van der Waals surface area (Å²) < 4.78 is 0. The summed E-state index contributed by atoms with van der Waals surface area (Å²) in [6.45, 7) is 1.83. The number of benzene rings is 1. The molecule has 0 bridgehead atoms. The van der Waals surface area contributed by atoms with Gasteiger partial charge in [0, 0.05) is 30.3 Å². The molecule has 1 aliphatic carbocycles. The minimum absolute atomic E-state index is 0. The van der Waals surface area contributed by atoms with Crippen molar-refractivity contribution in [3.05, 3.63) is 29.3 Å². The van der Waals surface area contributed by atoms with Gasteiger partial charge in [-0.05, 0) is 43.9 Å². The van der Waals surface area contributed by atoms with E-state index < -0.39 is 0 Å². The fourth-order valence-corrected chi connectivity index (χ4v) is 2.64. The van der Waals surface area contributed by atoms with Crippen molar-refractivity contribution in [1.29, 1.82) is 0 Å². The number of halogens is 1. The van der Waals surface area contributed by atoms with Gasteiger partial charge < -0.3 is 16.4 Å². The van der Waals surface area contributed by atoms with Crippen molar-refractivity contribution in [2.45, 2.75) is 32.2 Å². The average molecular weight is 312 g/mol. The van der Waals surface area contributed by atoms with Crippen LogP contribution in [0.5, 0.6) is 0 Å². The summed E-state index contributed by atoms with van der Waals surface area (Å²) >= 11 is 0. The predicted molar refractivity (Wildman–Crippen MR) is 85.8 cm³/mol. The second-order valence-corrected chi connectivity index (χ2v) is 5.32. The van der Waals surface area contributed by atoms with Crippen LogP contribution in [0, 0.1) is 12.8 Å². The summed E-state index contributed by atoms with van der Waals surface area (Å²) in [5.41, 5.74) is 7.88. The second-order valence-electron chi connectivity index (χ2n) is 5.32. The van der Waals surface area contributed by atoms with Crippen molar-refractivity contribution in [2.24, 2.45) is 11.7 Å². The number of carbonyl (C=O) groups is 2. The van der Waals surface area contributed by atoms with Gasteiger partial charge in [-0.2, -0.15) is 0 Å². The summed E-state index contributed by atoms with van der Waals surface area (Å²) in [4.78, 5) is 23.9. The van der Waals surface area contributed by atoms with Gasteiger partial charge in [0.25, 0.3) is 5.91 Å². The Kier molecular flexibility index (Phi) is 6.18. The molecule has 0 aromatic heterocycles. The van der Waals surface area contributed by atoms with Gasteiger partial charge in [-0.15, -0.1) is 12.4 Å². The Morgan fingerprint density at radius 2 is 2.00 bits per heavy atom. The van der Waals surface area contributed by atoms with Crippen LogP contribution in [0.25, 0.3) is 0 Å². The molecule has 1 fully saturated rings. The van der Waals surface area contributed by atoms with E-state index in [0.717, 1.165) is 24.8 Å². The van der Waals surface area contributed by atoms with E-state index in [-0.39, 0.29) is 36.2 Å². The molecule has 0 radical (unpaired) electrons. The average Bonchev–Trinajstić information content (AvgIpc) is 2.87. The number of carbonyl (C=O) groups excluding carboxylic acids is 2. The molecule has 5 nitrogen and oxygen atoms in total. The van der Waals surface area contributed by atoms with Gasteiger partial charge in [-0.1, -0.05) is 6.07 Å². The highest BCUT2D eigenvalue weighted by atomic mass is 35.5. The highest BCUT2D eigenvalue weighted by Gasteiger charge is 2.28. The first-order chi connectivity index (χ1) is 9.52. The summed E-state index contributed by atoms with van der Waals surface area (Å²) in [5.74, 6) is -0.176. The number of hydrogen-bond donors (Lipinski definition) is 3. The Bertz CT molecular complexity index is 534. The molecule has 1 aromatic rings. The number of nitrogens with one attached hydrogen (secondary N) is 2. The molecular weight excluding hydrogens is 290 g/mol. The van der Waals surface area contributed by atoms with Crippen molar-refractivity contribution in [2.75, 3.05) is 12.4 Å². The number of amides is 2. The monoisotopic (exact) mass is 311 g/mol. The Morgan fingerprint density at radius 3 is 2.57 bits per heavy atom. The lowest BCUT2D eigenvalue weighted by Crippen LogP contribution is -2.24. The number of hydrogen-bond acceptors (Lipinski definition) is 3. The van der Waals surface area contributed by atoms with Gasteiger partial charge in [0.1, 0.15) is 0 Å². The molecule has 0 heterocycles. The normalized spacial score (nSPS) is 20.5. The van der Waals surface area contributed by atoms with Crippen molar-refractivity contribution >= 4 is 29.9 Å². The summed E-state index contributed by atoms with van der Waals surface area (Å²) in [6, 6.07) is 5.46. The molecule has 0 spiro atoms. The van der Waals surface area contributed by atoms with Crippen molar-refractivity contribution in [3.8, 4) is 0 Å². The molecule has 2 rings (SSSR count). The van der Waals surface area contributed by atoms with Gasteiger partial charge in [-0.3, -0.25) is 9.59 Å². The molecule has 1 saturated carbocycles. The maximum atomic E-state index is 12.2. The smallest absolute Gasteiger partial charge is 0.251 e.